The standard InChI is InChI=1S/C16H15Cl2NO5S/c1-23-16(20)10-24-13-4-6-14(7-5-13)25(21,22)19-9-11-2-3-12(17)8-15(11)18/h2-8,19H,9-10H2,1H3. The summed E-state index contributed by atoms with van der Waals surface area (Å²) in [5.74, 6) is -0.177. The summed E-state index contributed by atoms with van der Waals surface area (Å²) in [5, 5.41) is 0.848. The average Bonchev–Trinajstić information content (AvgIpc) is 2.59. The number of sulfonamides is 1. The lowest BCUT2D eigenvalue weighted by Gasteiger charge is -2.09. The Morgan fingerprint density at radius 2 is 1.80 bits per heavy atom. The summed E-state index contributed by atoms with van der Waals surface area (Å²) >= 11 is 11.8. The van der Waals surface area contributed by atoms with Crippen LogP contribution >= 0.6 is 23.2 Å². The lowest BCUT2D eigenvalue weighted by Crippen LogP contribution is -2.23. The molecule has 0 aliphatic rings. The monoisotopic (exact) mass is 403 g/mol. The highest BCUT2D eigenvalue weighted by atomic mass is 35.5. The van der Waals surface area contributed by atoms with Crippen LogP contribution in [0, 0.1) is 0 Å². The number of hydrogen-bond donors (Lipinski definition) is 1. The van der Waals surface area contributed by atoms with Gasteiger partial charge in [0, 0.05) is 16.6 Å². The third kappa shape index (κ3) is 5.61. The van der Waals surface area contributed by atoms with E-state index < -0.39 is 16.0 Å². The van der Waals surface area contributed by atoms with E-state index >= 15 is 0 Å². The first-order chi connectivity index (χ1) is 11.8. The van der Waals surface area contributed by atoms with Gasteiger partial charge in [0.1, 0.15) is 5.75 Å². The van der Waals surface area contributed by atoms with Crippen LogP contribution in [-0.2, 0) is 26.1 Å². The fourth-order valence-electron chi connectivity index (χ4n) is 1.84. The molecule has 134 valence electrons. The zero-order chi connectivity index (χ0) is 18.4. The fraction of sp³-hybridized carbons (Fsp3) is 0.188. The van der Waals surface area contributed by atoms with E-state index in [1.165, 1.54) is 31.4 Å². The molecule has 0 unspecified atom stereocenters. The maximum absolute atomic E-state index is 12.3. The van der Waals surface area contributed by atoms with Crippen LogP contribution in [0.5, 0.6) is 5.75 Å². The van der Waals surface area contributed by atoms with Crippen molar-refractivity contribution in [2.75, 3.05) is 13.7 Å². The molecule has 0 atom stereocenters. The summed E-state index contributed by atoms with van der Waals surface area (Å²) in [7, 11) is -2.48. The lowest BCUT2D eigenvalue weighted by molar-refractivity contribution is -0.142. The van der Waals surface area contributed by atoms with Gasteiger partial charge in [-0.15, -0.1) is 0 Å². The molecular formula is C16H15Cl2NO5S. The smallest absolute Gasteiger partial charge is 0.343 e. The van der Waals surface area contributed by atoms with Gasteiger partial charge in [-0.1, -0.05) is 29.3 Å². The molecule has 2 aromatic carbocycles. The van der Waals surface area contributed by atoms with Gasteiger partial charge in [0.2, 0.25) is 10.0 Å². The van der Waals surface area contributed by atoms with Crippen LogP contribution in [-0.4, -0.2) is 28.1 Å². The lowest BCUT2D eigenvalue weighted by atomic mass is 10.2. The van der Waals surface area contributed by atoms with Gasteiger partial charge in [-0.3, -0.25) is 0 Å². The molecule has 0 amide bonds. The third-order valence-electron chi connectivity index (χ3n) is 3.19. The van der Waals surface area contributed by atoms with Gasteiger partial charge < -0.3 is 9.47 Å². The van der Waals surface area contributed by atoms with E-state index in [9.17, 15) is 13.2 Å². The summed E-state index contributed by atoms with van der Waals surface area (Å²) in [5.41, 5.74) is 0.604. The van der Waals surface area contributed by atoms with Crippen molar-refractivity contribution in [3.05, 3.63) is 58.1 Å². The van der Waals surface area contributed by atoms with Crippen molar-refractivity contribution in [1.29, 1.82) is 0 Å². The predicted octanol–water partition coefficient (Wildman–Crippen LogP) is 3.02. The fourth-order valence-corrected chi connectivity index (χ4v) is 3.32. The van der Waals surface area contributed by atoms with Gasteiger partial charge in [-0.2, -0.15) is 0 Å². The molecule has 0 bridgehead atoms. The van der Waals surface area contributed by atoms with Crippen molar-refractivity contribution in [2.24, 2.45) is 0 Å². The highest BCUT2D eigenvalue weighted by Crippen LogP contribution is 2.22. The third-order valence-corrected chi connectivity index (χ3v) is 5.19. The first-order valence-corrected chi connectivity index (χ1v) is 9.29. The van der Waals surface area contributed by atoms with E-state index in [1.54, 1.807) is 18.2 Å². The number of halogens is 2. The number of nitrogens with one attached hydrogen (secondary N) is 1. The van der Waals surface area contributed by atoms with Crippen LogP contribution in [0.25, 0.3) is 0 Å². The largest absolute Gasteiger partial charge is 0.482 e. The summed E-state index contributed by atoms with van der Waals surface area (Å²) < 4.78 is 36.7. The molecule has 0 aromatic heterocycles. The Hall–Kier alpha value is -1.80. The summed E-state index contributed by atoms with van der Waals surface area (Å²) in [4.78, 5) is 11.1. The number of esters is 1. The average molecular weight is 404 g/mol. The number of benzene rings is 2. The number of methoxy groups -OCH3 is 1. The van der Waals surface area contributed by atoms with Crippen molar-refractivity contribution < 1.29 is 22.7 Å². The minimum atomic E-state index is -3.73. The molecule has 2 aromatic rings. The van der Waals surface area contributed by atoms with Crippen molar-refractivity contribution in [3.8, 4) is 5.75 Å². The molecule has 0 radical (unpaired) electrons. The van der Waals surface area contributed by atoms with Crippen LogP contribution in [0.2, 0.25) is 10.0 Å². The van der Waals surface area contributed by atoms with Crippen molar-refractivity contribution in [3.63, 3.8) is 0 Å². The van der Waals surface area contributed by atoms with E-state index in [-0.39, 0.29) is 18.0 Å². The quantitative estimate of drug-likeness (QED) is 0.718. The van der Waals surface area contributed by atoms with Gasteiger partial charge >= 0.3 is 5.97 Å². The van der Waals surface area contributed by atoms with Crippen LogP contribution < -0.4 is 9.46 Å². The van der Waals surface area contributed by atoms with Crippen molar-refractivity contribution in [2.45, 2.75) is 11.4 Å². The SMILES string of the molecule is COC(=O)COc1ccc(S(=O)(=O)NCc2ccc(Cl)cc2Cl)cc1. The summed E-state index contributed by atoms with van der Waals surface area (Å²) in [6, 6.07) is 10.5. The second kappa shape index (κ2) is 8.53. The topological polar surface area (TPSA) is 81.7 Å². The molecule has 9 heteroatoms. The maximum Gasteiger partial charge on any atom is 0.343 e. The van der Waals surface area contributed by atoms with Gasteiger partial charge in [0.25, 0.3) is 0 Å². The predicted molar refractivity (Wildman–Crippen MR) is 94.4 cm³/mol. The molecule has 1 N–H and O–H groups in total. The Morgan fingerprint density at radius 3 is 2.40 bits per heavy atom. The molecule has 0 heterocycles. The van der Waals surface area contributed by atoms with Crippen molar-refractivity contribution in [1.82, 2.24) is 4.72 Å². The Morgan fingerprint density at radius 1 is 1.12 bits per heavy atom. The zero-order valence-electron chi connectivity index (χ0n) is 13.2. The molecular weight excluding hydrogens is 389 g/mol. The van der Waals surface area contributed by atoms with Crippen LogP contribution in [0.1, 0.15) is 5.56 Å². The minimum absolute atomic E-state index is 0.0267. The number of hydrogen-bond acceptors (Lipinski definition) is 5. The summed E-state index contributed by atoms with van der Waals surface area (Å²) in [6.07, 6.45) is 0. The van der Waals surface area contributed by atoms with Crippen LogP contribution in [0.3, 0.4) is 0 Å². The van der Waals surface area contributed by atoms with Gasteiger partial charge in [-0.05, 0) is 42.0 Å². The van der Waals surface area contributed by atoms with Gasteiger partial charge in [-0.25, -0.2) is 17.9 Å². The normalized spacial score (nSPS) is 11.2. The molecule has 2 rings (SSSR count). The number of rotatable bonds is 7. The number of carbonyl (C=O) groups excluding carboxylic acids is 1. The van der Waals surface area contributed by atoms with Crippen LogP contribution in [0.4, 0.5) is 0 Å². The Bertz CT molecular complexity index is 853. The summed E-state index contributed by atoms with van der Waals surface area (Å²) in [6.45, 7) is -0.227. The molecule has 0 aliphatic carbocycles. The molecule has 0 fully saturated rings. The number of ether oxygens (including phenoxy) is 2. The van der Waals surface area contributed by atoms with Gasteiger partial charge in [0.05, 0.1) is 12.0 Å². The Labute approximate surface area is 155 Å². The van der Waals surface area contributed by atoms with E-state index in [0.717, 1.165) is 0 Å². The molecule has 6 nitrogen and oxygen atoms in total. The second-order valence-corrected chi connectivity index (χ2v) is 7.51. The van der Waals surface area contributed by atoms with E-state index in [1.807, 2.05) is 0 Å². The zero-order valence-corrected chi connectivity index (χ0v) is 15.5. The Balaban J connectivity index is 2.02. The molecule has 0 saturated carbocycles. The first kappa shape index (κ1) is 19.5. The van der Waals surface area contributed by atoms with E-state index in [2.05, 4.69) is 9.46 Å². The molecule has 0 spiro atoms. The highest BCUT2D eigenvalue weighted by molar-refractivity contribution is 7.89. The highest BCUT2D eigenvalue weighted by Gasteiger charge is 2.15. The molecule has 0 saturated heterocycles. The van der Waals surface area contributed by atoms with Crippen LogP contribution in [0.15, 0.2) is 47.4 Å². The van der Waals surface area contributed by atoms with E-state index in [0.29, 0.717) is 21.4 Å². The number of carbonyl (C=O) groups is 1. The second-order valence-electron chi connectivity index (χ2n) is 4.90. The maximum atomic E-state index is 12.3. The Kier molecular flexibility index (Phi) is 6.66. The molecule has 0 aliphatic heterocycles. The van der Waals surface area contributed by atoms with E-state index in [4.69, 9.17) is 27.9 Å². The minimum Gasteiger partial charge on any atom is -0.482 e. The molecule has 25 heavy (non-hydrogen) atoms. The van der Waals surface area contributed by atoms with Gasteiger partial charge in [0.15, 0.2) is 6.61 Å². The first-order valence-electron chi connectivity index (χ1n) is 7.05. The van der Waals surface area contributed by atoms with Crippen molar-refractivity contribution >= 4 is 39.2 Å².